The Morgan fingerprint density at radius 2 is 1.56 bits per heavy atom. The number of phenols is 1. The van der Waals surface area contributed by atoms with Crippen molar-refractivity contribution in [2.45, 2.75) is 31.1 Å². The summed E-state index contributed by atoms with van der Waals surface area (Å²) in [5, 5.41) is 9.40. The van der Waals surface area contributed by atoms with Crippen molar-refractivity contribution in [3.63, 3.8) is 0 Å². The third kappa shape index (κ3) is 3.39. The van der Waals surface area contributed by atoms with E-state index in [9.17, 15) is 14.3 Å². The van der Waals surface area contributed by atoms with Crippen molar-refractivity contribution < 1.29 is 14.3 Å². The first kappa shape index (κ1) is 16.1. The molecule has 2 aliphatic rings. The maximum Gasteiger partial charge on any atom is 0.226 e. The van der Waals surface area contributed by atoms with Crippen LogP contribution in [0.2, 0.25) is 0 Å². The van der Waals surface area contributed by atoms with E-state index in [0.717, 1.165) is 37.9 Å². The van der Waals surface area contributed by atoms with Crippen LogP contribution in [0.5, 0.6) is 5.75 Å². The summed E-state index contributed by atoms with van der Waals surface area (Å²) in [5.74, 6) is 1.08. The van der Waals surface area contributed by atoms with Gasteiger partial charge in [0.05, 0.1) is 0 Å². The minimum atomic E-state index is -0.233. The fraction of sp³-hybridized carbons (Fsp3) is 0.381. The fourth-order valence-corrected chi connectivity index (χ4v) is 3.96. The first-order chi connectivity index (χ1) is 12.1. The molecule has 0 aromatic heterocycles. The van der Waals surface area contributed by atoms with E-state index in [0.29, 0.717) is 5.92 Å². The molecule has 2 aromatic rings. The van der Waals surface area contributed by atoms with Crippen LogP contribution in [0.15, 0.2) is 48.5 Å². The molecular weight excluding hydrogens is 317 g/mol. The molecule has 130 valence electrons. The van der Waals surface area contributed by atoms with Gasteiger partial charge in [-0.1, -0.05) is 24.3 Å². The lowest BCUT2D eigenvalue weighted by Crippen LogP contribution is -2.39. The van der Waals surface area contributed by atoms with Gasteiger partial charge in [0.15, 0.2) is 0 Å². The summed E-state index contributed by atoms with van der Waals surface area (Å²) in [6, 6.07) is 13.9. The quantitative estimate of drug-likeness (QED) is 0.917. The fourth-order valence-electron chi connectivity index (χ4n) is 3.96. The molecule has 4 heteroatoms. The Morgan fingerprint density at radius 3 is 2.20 bits per heavy atom. The number of carbonyl (C=O) groups is 1. The highest BCUT2D eigenvalue weighted by Gasteiger charge is 2.46. The number of nitrogens with zero attached hydrogens (tertiary/aromatic N) is 1. The third-order valence-corrected chi connectivity index (χ3v) is 5.58. The monoisotopic (exact) mass is 339 g/mol. The van der Waals surface area contributed by atoms with E-state index in [4.69, 9.17) is 0 Å². The second-order valence-electron chi connectivity index (χ2n) is 7.19. The van der Waals surface area contributed by atoms with Gasteiger partial charge >= 0.3 is 0 Å². The number of amides is 1. The number of aromatic hydroxyl groups is 1. The molecule has 3 nitrogen and oxygen atoms in total. The Labute approximate surface area is 147 Å². The molecule has 1 N–H and O–H groups in total. The van der Waals surface area contributed by atoms with Crippen molar-refractivity contribution >= 4 is 5.91 Å². The minimum Gasteiger partial charge on any atom is -0.508 e. The van der Waals surface area contributed by atoms with Crippen LogP contribution in [0.25, 0.3) is 0 Å². The highest BCUT2D eigenvalue weighted by Crippen LogP contribution is 2.49. The number of likely N-dealkylation sites (tertiary alicyclic amines) is 1. The van der Waals surface area contributed by atoms with E-state index < -0.39 is 0 Å². The zero-order valence-electron chi connectivity index (χ0n) is 14.1. The van der Waals surface area contributed by atoms with E-state index in [1.165, 1.54) is 17.7 Å². The average Bonchev–Trinajstić information content (AvgIpc) is 3.43. The molecule has 0 spiro atoms. The second kappa shape index (κ2) is 6.51. The Balaban J connectivity index is 1.33. The van der Waals surface area contributed by atoms with Crippen LogP contribution < -0.4 is 0 Å². The van der Waals surface area contributed by atoms with Gasteiger partial charge in [0.25, 0.3) is 0 Å². The molecule has 0 radical (unpaired) electrons. The first-order valence-corrected chi connectivity index (χ1v) is 8.95. The van der Waals surface area contributed by atoms with Crippen molar-refractivity contribution in [3.8, 4) is 5.75 Å². The molecule has 0 bridgehead atoms. The second-order valence-corrected chi connectivity index (χ2v) is 7.19. The Kier molecular flexibility index (Phi) is 4.20. The van der Waals surface area contributed by atoms with Gasteiger partial charge in [-0.05, 0) is 66.5 Å². The van der Waals surface area contributed by atoms with Crippen LogP contribution in [0.4, 0.5) is 4.39 Å². The number of benzene rings is 2. The Hall–Kier alpha value is -2.36. The molecule has 4 rings (SSSR count). The highest BCUT2D eigenvalue weighted by atomic mass is 19.1. The van der Waals surface area contributed by atoms with E-state index in [1.807, 2.05) is 17.0 Å². The van der Waals surface area contributed by atoms with Crippen LogP contribution in [0, 0.1) is 11.7 Å². The standard InChI is InChI=1S/C21H22FNO2/c22-17-5-1-16(2-6-17)19-13-20(19)21(25)23-11-9-15(10-12-23)14-3-7-18(24)8-4-14/h1-8,15,19-20,24H,9-13H2/t19-,20+/m0/s1. The zero-order chi connectivity index (χ0) is 17.4. The maximum absolute atomic E-state index is 13.0. The highest BCUT2D eigenvalue weighted by molar-refractivity contribution is 5.83. The number of carbonyl (C=O) groups excluding carboxylic acids is 1. The molecule has 2 atom stereocenters. The number of rotatable bonds is 3. The molecular formula is C21H22FNO2. The predicted molar refractivity (Wildman–Crippen MR) is 93.9 cm³/mol. The summed E-state index contributed by atoms with van der Waals surface area (Å²) < 4.78 is 13.0. The van der Waals surface area contributed by atoms with Crippen LogP contribution in [0.3, 0.4) is 0 Å². The minimum absolute atomic E-state index is 0.0654. The van der Waals surface area contributed by atoms with E-state index in [2.05, 4.69) is 0 Å². The summed E-state index contributed by atoms with van der Waals surface area (Å²) >= 11 is 0. The number of hydrogen-bond acceptors (Lipinski definition) is 2. The topological polar surface area (TPSA) is 40.5 Å². The Bertz CT molecular complexity index is 748. The lowest BCUT2D eigenvalue weighted by atomic mass is 9.89. The van der Waals surface area contributed by atoms with Crippen LogP contribution in [-0.2, 0) is 4.79 Å². The van der Waals surface area contributed by atoms with Crippen LogP contribution >= 0.6 is 0 Å². The van der Waals surface area contributed by atoms with Crippen molar-refractivity contribution in [3.05, 3.63) is 65.5 Å². The van der Waals surface area contributed by atoms with E-state index in [1.54, 1.807) is 24.3 Å². The lowest BCUT2D eigenvalue weighted by Gasteiger charge is -2.32. The SMILES string of the molecule is O=C([C@@H]1C[C@H]1c1ccc(F)cc1)N1CCC(c2ccc(O)cc2)CC1. The molecule has 1 aliphatic heterocycles. The van der Waals surface area contributed by atoms with Gasteiger partial charge in [-0.2, -0.15) is 0 Å². The normalized spacial score (nSPS) is 23.5. The van der Waals surface area contributed by atoms with Crippen LogP contribution in [-0.4, -0.2) is 29.0 Å². The summed E-state index contributed by atoms with van der Waals surface area (Å²) in [6.07, 6.45) is 2.80. The molecule has 1 amide bonds. The number of phenolic OH excluding ortho intramolecular Hbond substituents is 1. The van der Waals surface area contributed by atoms with E-state index in [-0.39, 0.29) is 29.3 Å². The van der Waals surface area contributed by atoms with Gasteiger partial charge in [-0.25, -0.2) is 4.39 Å². The van der Waals surface area contributed by atoms with Gasteiger partial charge in [0.1, 0.15) is 11.6 Å². The van der Waals surface area contributed by atoms with Crippen molar-refractivity contribution in [1.29, 1.82) is 0 Å². The third-order valence-electron chi connectivity index (χ3n) is 5.58. The number of hydrogen-bond donors (Lipinski definition) is 1. The lowest BCUT2D eigenvalue weighted by molar-refractivity contribution is -0.133. The van der Waals surface area contributed by atoms with Gasteiger partial charge in [-0.3, -0.25) is 4.79 Å². The molecule has 1 saturated heterocycles. The Morgan fingerprint density at radius 1 is 0.960 bits per heavy atom. The number of piperidine rings is 1. The van der Waals surface area contributed by atoms with E-state index >= 15 is 0 Å². The molecule has 1 heterocycles. The van der Waals surface area contributed by atoms with Crippen molar-refractivity contribution in [2.75, 3.05) is 13.1 Å². The van der Waals surface area contributed by atoms with Gasteiger partial charge in [-0.15, -0.1) is 0 Å². The van der Waals surface area contributed by atoms with Crippen molar-refractivity contribution in [1.82, 2.24) is 4.90 Å². The molecule has 0 unspecified atom stereocenters. The molecule has 1 aliphatic carbocycles. The van der Waals surface area contributed by atoms with Gasteiger partial charge in [0, 0.05) is 19.0 Å². The first-order valence-electron chi connectivity index (χ1n) is 8.95. The molecule has 1 saturated carbocycles. The zero-order valence-corrected chi connectivity index (χ0v) is 14.1. The van der Waals surface area contributed by atoms with Gasteiger partial charge in [0.2, 0.25) is 5.91 Å². The molecule has 2 aromatic carbocycles. The van der Waals surface area contributed by atoms with Gasteiger partial charge < -0.3 is 10.0 Å². The largest absolute Gasteiger partial charge is 0.508 e. The summed E-state index contributed by atoms with van der Waals surface area (Å²) in [5.41, 5.74) is 2.30. The number of halogens is 1. The molecule has 25 heavy (non-hydrogen) atoms. The van der Waals surface area contributed by atoms with Crippen molar-refractivity contribution in [2.24, 2.45) is 5.92 Å². The predicted octanol–water partition coefficient (Wildman–Crippen LogP) is 4.04. The van der Waals surface area contributed by atoms with Crippen LogP contribution in [0.1, 0.15) is 42.2 Å². The summed E-state index contributed by atoms with van der Waals surface area (Å²) in [4.78, 5) is 14.7. The molecule has 2 fully saturated rings. The maximum atomic E-state index is 13.0. The smallest absolute Gasteiger partial charge is 0.226 e. The average molecular weight is 339 g/mol. The summed E-state index contributed by atoms with van der Waals surface area (Å²) in [6.45, 7) is 1.58. The summed E-state index contributed by atoms with van der Waals surface area (Å²) in [7, 11) is 0.